The zero-order valence-corrected chi connectivity index (χ0v) is 16.9. The third kappa shape index (κ3) is 4.43. The van der Waals surface area contributed by atoms with E-state index in [1.807, 2.05) is 6.92 Å². The summed E-state index contributed by atoms with van der Waals surface area (Å²) in [5.41, 5.74) is 7.07. The molecule has 3 rings (SSSR count). The lowest BCUT2D eigenvalue weighted by Gasteiger charge is -2.13. The standard InChI is InChI=1S/C22H22N2O6/c1-4-28-16-9-10-18-17(11-16)12(2)19(30-18)22(27)29-13(3)21(26)24-15-7-5-14(6-8-15)20(23)25/h5-11,13H,4H2,1-3H3,(H2,23,25)(H,24,26)/t13-/m1/s1. The maximum Gasteiger partial charge on any atom is 0.375 e. The smallest absolute Gasteiger partial charge is 0.375 e. The molecule has 0 fully saturated rings. The van der Waals surface area contributed by atoms with Crippen LogP contribution in [0.1, 0.15) is 40.3 Å². The molecule has 0 saturated carbocycles. The van der Waals surface area contributed by atoms with Gasteiger partial charge in [-0.05, 0) is 63.2 Å². The largest absolute Gasteiger partial charge is 0.494 e. The van der Waals surface area contributed by atoms with Crippen molar-refractivity contribution in [3.05, 3.63) is 59.4 Å². The molecule has 0 aliphatic rings. The first-order valence-electron chi connectivity index (χ1n) is 9.37. The highest BCUT2D eigenvalue weighted by atomic mass is 16.6. The minimum Gasteiger partial charge on any atom is -0.494 e. The number of anilines is 1. The quantitative estimate of drug-likeness (QED) is 0.576. The first kappa shape index (κ1) is 20.9. The third-order valence-corrected chi connectivity index (χ3v) is 4.49. The fourth-order valence-electron chi connectivity index (χ4n) is 2.88. The lowest BCUT2D eigenvalue weighted by molar-refractivity contribution is -0.123. The van der Waals surface area contributed by atoms with Gasteiger partial charge >= 0.3 is 5.97 Å². The molecule has 156 valence electrons. The van der Waals surface area contributed by atoms with E-state index in [9.17, 15) is 14.4 Å². The number of carbonyl (C=O) groups is 3. The van der Waals surface area contributed by atoms with Gasteiger partial charge in [0.05, 0.1) is 6.61 Å². The maximum absolute atomic E-state index is 12.6. The number of benzene rings is 2. The molecule has 1 heterocycles. The average molecular weight is 410 g/mol. The minimum absolute atomic E-state index is 0.0316. The molecule has 1 atom stereocenters. The molecule has 2 aromatic carbocycles. The zero-order chi connectivity index (χ0) is 21.8. The molecule has 0 bridgehead atoms. The highest BCUT2D eigenvalue weighted by Gasteiger charge is 2.24. The summed E-state index contributed by atoms with van der Waals surface area (Å²) in [7, 11) is 0. The van der Waals surface area contributed by atoms with Gasteiger partial charge in [0, 0.05) is 22.2 Å². The molecular formula is C22H22N2O6. The Balaban J connectivity index is 1.69. The van der Waals surface area contributed by atoms with E-state index in [4.69, 9.17) is 19.6 Å². The Bertz CT molecular complexity index is 1100. The fourth-order valence-corrected chi connectivity index (χ4v) is 2.88. The Hall–Kier alpha value is -3.81. The summed E-state index contributed by atoms with van der Waals surface area (Å²) in [5, 5.41) is 3.35. The Labute approximate surface area is 172 Å². The van der Waals surface area contributed by atoms with Crippen molar-refractivity contribution in [3.63, 3.8) is 0 Å². The van der Waals surface area contributed by atoms with Crippen LogP contribution in [0, 0.1) is 6.92 Å². The number of amides is 2. The summed E-state index contributed by atoms with van der Waals surface area (Å²) in [6.45, 7) is 5.60. The topological polar surface area (TPSA) is 121 Å². The van der Waals surface area contributed by atoms with Crippen LogP contribution in [-0.4, -0.2) is 30.5 Å². The van der Waals surface area contributed by atoms with Crippen LogP contribution in [-0.2, 0) is 9.53 Å². The summed E-state index contributed by atoms with van der Waals surface area (Å²) in [5.74, 6) is -1.13. The van der Waals surface area contributed by atoms with Crippen LogP contribution in [0.4, 0.5) is 5.69 Å². The summed E-state index contributed by atoms with van der Waals surface area (Å²) in [6, 6.07) is 11.3. The van der Waals surface area contributed by atoms with Crippen molar-refractivity contribution in [2.24, 2.45) is 5.73 Å². The molecule has 0 aliphatic carbocycles. The van der Waals surface area contributed by atoms with Crippen molar-refractivity contribution in [2.75, 3.05) is 11.9 Å². The Morgan fingerprint density at radius 1 is 1.13 bits per heavy atom. The highest BCUT2D eigenvalue weighted by molar-refractivity contribution is 6.00. The highest BCUT2D eigenvalue weighted by Crippen LogP contribution is 2.29. The number of hydrogen-bond acceptors (Lipinski definition) is 6. The number of esters is 1. The number of furan rings is 1. The third-order valence-electron chi connectivity index (χ3n) is 4.49. The van der Waals surface area contributed by atoms with Gasteiger partial charge < -0.3 is 24.9 Å². The number of carbonyl (C=O) groups excluding carboxylic acids is 3. The second kappa shape index (κ2) is 8.69. The van der Waals surface area contributed by atoms with Crippen molar-refractivity contribution in [1.29, 1.82) is 0 Å². The van der Waals surface area contributed by atoms with Crippen LogP contribution in [0.25, 0.3) is 11.0 Å². The number of rotatable bonds is 7. The van der Waals surface area contributed by atoms with Crippen LogP contribution in [0.15, 0.2) is 46.9 Å². The number of primary amides is 1. The normalized spacial score (nSPS) is 11.7. The van der Waals surface area contributed by atoms with Crippen molar-refractivity contribution >= 4 is 34.4 Å². The fraction of sp³-hybridized carbons (Fsp3) is 0.227. The Morgan fingerprint density at radius 2 is 1.83 bits per heavy atom. The number of nitrogens with two attached hydrogens (primary N) is 1. The molecule has 1 aromatic heterocycles. The molecule has 0 radical (unpaired) electrons. The van der Waals surface area contributed by atoms with E-state index in [0.717, 1.165) is 5.39 Å². The van der Waals surface area contributed by atoms with Gasteiger partial charge in [-0.2, -0.15) is 0 Å². The molecule has 8 heteroatoms. The van der Waals surface area contributed by atoms with E-state index in [1.165, 1.54) is 31.2 Å². The summed E-state index contributed by atoms with van der Waals surface area (Å²) in [6.07, 6.45) is -1.07. The van der Waals surface area contributed by atoms with E-state index >= 15 is 0 Å². The molecule has 0 unspecified atom stereocenters. The first-order chi connectivity index (χ1) is 14.3. The lowest BCUT2D eigenvalue weighted by atomic mass is 10.1. The van der Waals surface area contributed by atoms with Crippen LogP contribution in [0.5, 0.6) is 5.75 Å². The van der Waals surface area contributed by atoms with E-state index in [-0.39, 0.29) is 5.76 Å². The van der Waals surface area contributed by atoms with Crippen LogP contribution in [0.3, 0.4) is 0 Å². The van der Waals surface area contributed by atoms with Crippen molar-refractivity contribution in [3.8, 4) is 5.75 Å². The van der Waals surface area contributed by atoms with Crippen LogP contribution in [0.2, 0.25) is 0 Å². The van der Waals surface area contributed by atoms with Gasteiger partial charge in [0.25, 0.3) is 5.91 Å². The van der Waals surface area contributed by atoms with Gasteiger partial charge in [0.1, 0.15) is 11.3 Å². The molecule has 8 nitrogen and oxygen atoms in total. The van der Waals surface area contributed by atoms with Gasteiger partial charge in [-0.25, -0.2) is 4.79 Å². The molecule has 0 saturated heterocycles. The van der Waals surface area contributed by atoms with Gasteiger partial charge in [0.15, 0.2) is 6.10 Å². The van der Waals surface area contributed by atoms with Crippen LogP contribution < -0.4 is 15.8 Å². The number of aryl methyl sites for hydroxylation is 1. The maximum atomic E-state index is 12.6. The molecule has 3 aromatic rings. The molecule has 30 heavy (non-hydrogen) atoms. The van der Waals surface area contributed by atoms with Crippen molar-refractivity contribution in [1.82, 2.24) is 0 Å². The number of ether oxygens (including phenoxy) is 2. The van der Waals surface area contributed by atoms with Gasteiger partial charge in [-0.3, -0.25) is 9.59 Å². The Kier molecular flexibility index (Phi) is 6.06. The average Bonchev–Trinajstić information content (AvgIpc) is 3.05. The molecule has 2 amide bonds. The summed E-state index contributed by atoms with van der Waals surface area (Å²) in [4.78, 5) is 36.0. The molecular weight excluding hydrogens is 388 g/mol. The predicted octanol–water partition coefficient (Wildman–Crippen LogP) is 3.42. The van der Waals surface area contributed by atoms with E-state index in [2.05, 4.69) is 5.32 Å². The van der Waals surface area contributed by atoms with Crippen LogP contribution >= 0.6 is 0 Å². The zero-order valence-electron chi connectivity index (χ0n) is 16.9. The van der Waals surface area contributed by atoms with Crippen molar-refractivity contribution in [2.45, 2.75) is 26.9 Å². The van der Waals surface area contributed by atoms with E-state index < -0.39 is 23.9 Å². The number of hydrogen-bond donors (Lipinski definition) is 2. The number of nitrogens with one attached hydrogen (secondary N) is 1. The number of fused-ring (bicyclic) bond motifs is 1. The SMILES string of the molecule is CCOc1ccc2oc(C(=O)O[C@H](C)C(=O)Nc3ccc(C(N)=O)cc3)c(C)c2c1. The predicted molar refractivity (Wildman–Crippen MR) is 111 cm³/mol. The summed E-state index contributed by atoms with van der Waals surface area (Å²) < 4.78 is 16.4. The lowest BCUT2D eigenvalue weighted by Crippen LogP contribution is -2.30. The molecule has 0 spiro atoms. The van der Waals surface area contributed by atoms with E-state index in [1.54, 1.807) is 25.1 Å². The first-order valence-corrected chi connectivity index (χ1v) is 9.37. The minimum atomic E-state index is -1.07. The van der Waals surface area contributed by atoms with E-state index in [0.29, 0.717) is 34.8 Å². The van der Waals surface area contributed by atoms with Gasteiger partial charge in [0.2, 0.25) is 11.7 Å². The summed E-state index contributed by atoms with van der Waals surface area (Å²) >= 11 is 0. The van der Waals surface area contributed by atoms with Gasteiger partial charge in [-0.15, -0.1) is 0 Å². The molecule has 0 aliphatic heterocycles. The van der Waals surface area contributed by atoms with Gasteiger partial charge in [-0.1, -0.05) is 0 Å². The Morgan fingerprint density at radius 3 is 2.47 bits per heavy atom. The van der Waals surface area contributed by atoms with Crippen molar-refractivity contribution < 1.29 is 28.3 Å². The second-order valence-electron chi connectivity index (χ2n) is 6.63. The second-order valence-corrected chi connectivity index (χ2v) is 6.63. The monoisotopic (exact) mass is 410 g/mol. The molecule has 3 N–H and O–H groups in total.